The molecule has 0 spiro atoms. The first-order valence-electron chi connectivity index (χ1n) is 7.22. The molecule has 0 saturated carbocycles. The zero-order valence-corrected chi connectivity index (χ0v) is 13.7. The Morgan fingerprint density at radius 2 is 1.72 bits per heavy atom. The highest BCUT2D eigenvalue weighted by atomic mass is 32.2. The number of aliphatic carboxylic acids is 1. The zero-order chi connectivity index (χ0) is 18.6. The molecule has 0 heterocycles. The van der Waals surface area contributed by atoms with Gasteiger partial charge in [0.1, 0.15) is 0 Å². The summed E-state index contributed by atoms with van der Waals surface area (Å²) in [7, 11) is -4.40. The third kappa shape index (κ3) is 4.61. The summed E-state index contributed by atoms with van der Waals surface area (Å²) in [6.45, 7) is 0. The third-order valence-electron chi connectivity index (χ3n) is 3.76. The molecule has 2 aromatic rings. The second kappa shape index (κ2) is 7.41. The molecule has 0 aliphatic carbocycles. The summed E-state index contributed by atoms with van der Waals surface area (Å²) in [6, 6.07) is 11.0. The predicted molar refractivity (Wildman–Crippen MR) is 88.1 cm³/mol. The van der Waals surface area contributed by atoms with Gasteiger partial charge in [-0.1, -0.05) is 30.3 Å². The number of carbonyl (C=O) groups is 1. The lowest BCUT2D eigenvalue weighted by molar-refractivity contribution is -0.384. The van der Waals surface area contributed by atoms with Crippen LogP contribution >= 0.6 is 0 Å². The number of aryl methyl sites for hydroxylation is 1. The Bertz CT molecular complexity index is 891. The standard InChI is InChI=1S/C16H15NO7S/c18-16(19)14(11-5-8-13(9-6-11)17(20)21)10-7-12-3-1-2-4-15(12)25(22,23)24/h1-6,8-9,14H,7,10H2,(H,18,19)(H,22,23,24)/t14-/m1/s1. The van der Waals surface area contributed by atoms with Crippen molar-refractivity contribution in [2.45, 2.75) is 23.7 Å². The van der Waals surface area contributed by atoms with Crippen LogP contribution in [0.4, 0.5) is 5.69 Å². The van der Waals surface area contributed by atoms with Gasteiger partial charge in [-0.25, -0.2) is 0 Å². The van der Waals surface area contributed by atoms with E-state index < -0.39 is 26.9 Å². The number of hydrogen-bond acceptors (Lipinski definition) is 5. The number of benzene rings is 2. The molecule has 1 atom stereocenters. The van der Waals surface area contributed by atoms with Crippen molar-refractivity contribution in [2.24, 2.45) is 0 Å². The smallest absolute Gasteiger partial charge is 0.310 e. The molecule has 0 aliphatic heterocycles. The summed E-state index contributed by atoms with van der Waals surface area (Å²) in [6.07, 6.45) is 0.170. The number of carboxylic acids is 1. The molecule has 2 aromatic carbocycles. The van der Waals surface area contributed by atoms with Crippen LogP contribution in [0.1, 0.15) is 23.5 Å². The fraction of sp³-hybridized carbons (Fsp3) is 0.188. The molecule has 0 amide bonds. The van der Waals surface area contributed by atoms with Crippen molar-refractivity contribution in [1.82, 2.24) is 0 Å². The van der Waals surface area contributed by atoms with E-state index in [1.54, 1.807) is 6.07 Å². The third-order valence-corrected chi connectivity index (χ3v) is 4.71. The minimum atomic E-state index is -4.40. The van der Waals surface area contributed by atoms with E-state index in [2.05, 4.69) is 0 Å². The van der Waals surface area contributed by atoms with Crippen LogP contribution in [0, 0.1) is 10.1 Å². The average Bonchev–Trinajstić information content (AvgIpc) is 2.54. The molecule has 0 unspecified atom stereocenters. The van der Waals surface area contributed by atoms with E-state index in [0.29, 0.717) is 11.1 Å². The fourth-order valence-electron chi connectivity index (χ4n) is 2.52. The van der Waals surface area contributed by atoms with Crippen LogP contribution in [0.25, 0.3) is 0 Å². The maximum atomic E-state index is 11.5. The minimum absolute atomic E-state index is 0.0691. The lowest BCUT2D eigenvalue weighted by Crippen LogP contribution is -2.13. The molecule has 9 heteroatoms. The fourth-order valence-corrected chi connectivity index (χ4v) is 3.27. The van der Waals surface area contributed by atoms with E-state index in [4.69, 9.17) is 0 Å². The van der Waals surface area contributed by atoms with Crippen molar-refractivity contribution in [3.63, 3.8) is 0 Å². The molecule has 0 aromatic heterocycles. The van der Waals surface area contributed by atoms with E-state index in [9.17, 15) is 33.0 Å². The molecule has 8 nitrogen and oxygen atoms in total. The zero-order valence-electron chi connectivity index (χ0n) is 12.9. The number of hydrogen-bond donors (Lipinski definition) is 2. The Morgan fingerprint density at radius 1 is 1.12 bits per heavy atom. The van der Waals surface area contributed by atoms with Crippen molar-refractivity contribution in [3.05, 3.63) is 69.8 Å². The van der Waals surface area contributed by atoms with E-state index >= 15 is 0 Å². The van der Waals surface area contributed by atoms with Crippen molar-refractivity contribution >= 4 is 21.8 Å². The molecule has 132 valence electrons. The average molecular weight is 365 g/mol. The van der Waals surface area contributed by atoms with Crippen LogP contribution in [0.15, 0.2) is 53.4 Å². The van der Waals surface area contributed by atoms with Crippen molar-refractivity contribution in [3.8, 4) is 0 Å². The summed E-state index contributed by atoms with van der Waals surface area (Å²) in [5, 5.41) is 20.1. The maximum absolute atomic E-state index is 11.5. The molecule has 0 saturated heterocycles. The van der Waals surface area contributed by atoms with Crippen molar-refractivity contribution < 1.29 is 27.8 Å². The van der Waals surface area contributed by atoms with Crippen LogP contribution in [-0.4, -0.2) is 29.0 Å². The molecular weight excluding hydrogens is 350 g/mol. The molecule has 2 N–H and O–H groups in total. The lowest BCUT2D eigenvalue weighted by Gasteiger charge is -2.14. The highest BCUT2D eigenvalue weighted by Crippen LogP contribution is 2.26. The van der Waals surface area contributed by atoms with Gasteiger partial charge in [0.2, 0.25) is 0 Å². The number of carboxylic acid groups (broad SMARTS) is 1. The SMILES string of the molecule is O=C(O)[C@H](CCc1ccccc1S(=O)(=O)O)c1ccc([N+](=O)[O-])cc1. The molecule has 2 rings (SSSR count). The van der Waals surface area contributed by atoms with E-state index in [0.717, 1.165) is 0 Å². The van der Waals surface area contributed by atoms with E-state index in [1.807, 2.05) is 0 Å². The number of non-ortho nitro benzene ring substituents is 1. The van der Waals surface area contributed by atoms with Crippen LogP contribution < -0.4 is 0 Å². The number of rotatable bonds is 7. The highest BCUT2D eigenvalue weighted by molar-refractivity contribution is 7.85. The van der Waals surface area contributed by atoms with Gasteiger partial charge in [-0.2, -0.15) is 8.42 Å². The van der Waals surface area contributed by atoms with Crippen molar-refractivity contribution in [2.75, 3.05) is 0 Å². The van der Waals surface area contributed by atoms with Gasteiger partial charge in [-0.15, -0.1) is 0 Å². The molecular formula is C16H15NO7S. The summed E-state index contributed by atoms with van der Waals surface area (Å²) in [5.41, 5.74) is 0.533. The summed E-state index contributed by atoms with van der Waals surface area (Å²) >= 11 is 0. The molecule has 0 bridgehead atoms. The lowest BCUT2D eigenvalue weighted by atomic mass is 9.92. The van der Waals surface area contributed by atoms with Gasteiger partial charge in [-0.3, -0.25) is 19.5 Å². The van der Waals surface area contributed by atoms with Gasteiger partial charge in [-0.05, 0) is 30.0 Å². The summed E-state index contributed by atoms with van der Waals surface area (Å²) in [5.74, 6) is -2.09. The molecule has 0 aliphatic rings. The second-order valence-corrected chi connectivity index (χ2v) is 6.75. The quantitative estimate of drug-likeness (QED) is 0.437. The predicted octanol–water partition coefficient (Wildman–Crippen LogP) is 2.64. The van der Waals surface area contributed by atoms with Crippen LogP contribution in [-0.2, 0) is 21.3 Å². The van der Waals surface area contributed by atoms with E-state index in [1.165, 1.54) is 42.5 Å². The Morgan fingerprint density at radius 3 is 2.24 bits per heavy atom. The topological polar surface area (TPSA) is 135 Å². The van der Waals surface area contributed by atoms with Crippen LogP contribution in [0.5, 0.6) is 0 Å². The van der Waals surface area contributed by atoms with Crippen molar-refractivity contribution in [1.29, 1.82) is 0 Å². The molecule has 0 fully saturated rings. The maximum Gasteiger partial charge on any atom is 0.310 e. The summed E-state index contributed by atoms with van der Waals surface area (Å²) in [4.78, 5) is 21.3. The second-order valence-electron chi connectivity index (χ2n) is 5.36. The number of nitro benzene ring substituents is 1. The highest BCUT2D eigenvalue weighted by Gasteiger charge is 2.22. The van der Waals surface area contributed by atoms with Gasteiger partial charge in [0.05, 0.1) is 15.7 Å². The summed E-state index contributed by atoms with van der Waals surface area (Å²) < 4.78 is 32.0. The Balaban J connectivity index is 2.24. The Labute approximate surface area is 143 Å². The molecule has 0 radical (unpaired) electrons. The molecule has 25 heavy (non-hydrogen) atoms. The number of nitrogens with zero attached hydrogens (tertiary/aromatic N) is 1. The minimum Gasteiger partial charge on any atom is -0.481 e. The van der Waals surface area contributed by atoms with Gasteiger partial charge in [0.15, 0.2) is 0 Å². The number of nitro groups is 1. The Kier molecular flexibility index (Phi) is 5.50. The first-order chi connectivity index (χ1) is 11.7. The monoisotopic (exact) mass is 365 g/mol. The van der Waals surface area contributed by atoms with Gasteiger partial charge in [0.25, 0.3) is 15.8 Å². The first-order valence-corrected chi connectivity index (χ1v) is 8.66. The Hall–Kier alpha value is -2.78. The normalized spacial score (nSPS) is 12.5. The largest absolute Gasteiger partial charge is 0.481 e. The van der Waals surface area contributed by atoms with E-state index in [-0.39, 0.29) is 23.4 Å². The van der Waals surface area contributed by atoms with Crippen LogP contribution in [0.3, 0.4) is 0 Å². The van der Waals surface area contributed by atoms with Gasteiger partial charge < -0.3 is 5.11 Å². The van der Waals surface area contributed by atoms with Gasteiger partial charge >= 0.3 is 5.97 Å². The van der Waals surface area contributed by atoms with Crippen LogP contribution in [0.2, 0.25) is 0 Å². The van der Waals surface area contributed by atoms with Gasteiger partial charge in [0, 0.05) is 12.1 Å². The first kappa shape index (κ1) is 18.6.